The number of carbonyl (C=O) groups excluding carboxylic acids is 2. The maximum Gasteiger partial charge on any atom is 0.295 e. The van der Waals surface area contributed by atoms with Gasteiger partial charge in [0.1, 0.15) is 11.5 Å². The molecule has 1 unspecified atom stereocenters. The summed E-state index contributed by atoms with van der Waals surface area (Å²) in [6, 6.07) is 9.95. The molecular formula is C24H28N2O4. The number of rotatable bonds is 8. The zero-order chi connectivity index (χ0) is 21.7. The molecule has 1 aliphatic heterocycles. The smallest absolute Gasteiger partial charge is 0.295 e. The van der Waals surface area contributed by atoms with Gasteiger partial charge in [0.05, 0.1) is 17.7 Å². The van der Waals surface area contributed by atoms with Gasteiger partial charge in [0, 0.05) is 24.5 Å². The zero-order valence-corrected chi connectivity index (χ0v) is 17.7. The second-order valence-electron chi connectivity index (χ2n) is 7.67. The molecule has 1 atom stereocenters. The number of carbonyl (C=O) groups is 2. The summed E-state index contributed by atoms with van der Waals surface area (Å²) < 4.78 is 5.81. The van der Waals surface area contributed by atoms with Gasteiger partial charge < -0.3 is 14.7 Å². The summed E-state index contributed by atoms with van der Waals surface area (Å²) >= 11 is 0. The number of Topliss-reactive ketones (excluding diaryl/α,β-unsaturated/α-hetero) is 1. The number of benzene rings is 1. The predicted octanol–water partition coefficient (Wildman–Crippen LogP) is 4.48. The summed E-state index contributed by atoms with van der Waals surface area (Å²) in [6.07, 6.45) is 5.82. The van der Waals surface area contributed by atoms with Crippen molar-refractivity contribution >= 4 is 17.4 Å². The van der Waals surface area contributed by atoms with Gasteiger partial charge in [0.15, 0.2) is 0 Å². The third-order valence-corrected chi connectivity index (χ3v) is 5.04. The van der Waals surface area contributed by atoms with E-state index in [-0.39, 0.29) is 17.4 Å². The minimum Gasteiger partial charge on any atom is -0.507 e. The molecule has 0 aliphatic carbocycles. The fraction of sp³-hybridized carbons (Fsp3) is 0.375. The maximum absolute atomic E-state index is 13.0. The van der Waals surface area contributed by atoms with Gasteiger partial charge in [-0.05, 0) is 50.1 Å². The average molecular weight is 408 g/mol. The van der Waals surface area contributed by atoms with E-state index < -0.39 is 17.7 Å². The second-order valence-corrected chi connectivity index (χ2v) is 7.67. The quantitative estimate of drug-likeness (QED) is 0.301. The van der Waals surface area contributed by atoms with Crippen molar-refractivity contribution in [3.8, 4) is 5.75 Å². The highest BCUT2D eigenvalue weighted by Gasteiger charge is 2.45. The number of ketones is 1. The number of nitrogens with zero attached hydrogens (tertiary/aromatic N) is 2. The van der Waals surface area contributed by atoms with E-state index >= 15 is 0 Å². The third kappa shape index (κ3) is 4.53. The van der Waals surface area contributed by atoms with Crippen LogP contribution in [0, 0.1) is 0 Å². The first-order chi connectivity index (χ1) is 14.4. The summed E-state index contributed by atoms with van der Waals surface area (Å²) in [5, 5.41) is 11.0. The molecule has 1 aromatic heterocycles. The number of ether oxygens (including phenoxy) is 1. The molecule has 2 aromatic rings. The number of aliphatic hydroxyl groups excluding tert-OH is 1. The fourth-order valence-electron chi connectivity index (χ4n) is 3.68. The molecule has 158 valence electrons. The van der Waals surface area contributed by atoms with Crippen molar-refractivity contribution in [2.75, 3.05) is 6.54 Å². The van der Waals surface area contributed by atoms with Gasteiger partial charge >= 0.3 is 0 Å². The van der Waals surface area contributed by atoms with Crippen LogP contribution in [-0.4, -0.2) is 39.3 Å². The minimum atomic E-state index is -0.666. The number of aliphatic hydroxyl groups is 1. The van der Waals surface area contributed by atoms with Crippen molar-refractivity contribution in [2.24, 2.45) is 0 Å². The topological polar surface area (TPSA) is 79.7 Å². The Morgan fingerprint density at radius 2 is 1.90 bits per heavy atom. The van der Waals surface area contributed by atoms with Crippen LogP contribution in [0.25, 0.3) is 5.76 Å². The highest BCUT2D eigenvalue weighted by Crippen LogP contribution is 2.40. The molecule has 1 aliphatic rings. The van der Waals surface area contributed by atoms with Gasteiger partial charge in [-0.2, -0.15) is 0 Å². The Kier molecular flexibility index (Phi) is 6.87. The van der Waals surface area contributed by atoms with Crippen LogP contribution in [0.15, 0.2) is 54.4 Å². The van der Waals surface area contributed by atoms with Crippen molar-refractivity contribution < 1.29 is 19.4 Å². The standard InChI is InChI=1S/C24H28N2O4/c1-4-5-6-14-26-21(18-8-7-9-19(15-18)30-16(2)3)20(23(28)24(26)29)22(27)17-10-12-25-13-11-17/h7-13,15-16,21,27H,4-6,14H2,1-3H3/b22-20-. The van der Waals surface area contributed by atoms with Crippen LogP contribution in [0.4, 0.5) is 0 Å². The van der Waals surface area contributed by atoms with Crippen LogP contribution >= 0.6 is 0 Å². The van der Waals surface area contributed by atoms with Crippen molar-refractivity contribution in [3.05, 3.63) is 65.5 Å². The molecule has 1 fully saturated rings. The number of hydrogen-bond acceptors (Lipinski definition) is 5. The lowest BCUT2D eigenvalue weighted by Gasteiger charge is -2.26. The molecule has 0 spiro atoms. The van der Waals surface area contributed by atoms with E-state index in [1.54, 1.807) is 29.4 Å². The Morgan fingerprint density at radius 1 is 1.17 bits per heavy atom. The van der Waals surface area contributed by atoms with Crippen molar-refractivity contribution in [2.45, 2.75) is 52.2 Å². The summed E-state index contributed by atoms with van der Waals surface area (Å²) in [5.41, 5.74) is 1.29. The van der Waals surface area contributed by atoms with Crippen LogP contribution in [0.3, 0.4) is 0 Å². The SMILES string of the molecule is CCCCCN1C(=O)C(=O)/C(=C(\O)c2ccncc2)C1c1cccc(OC(C)C)c1. The molecule has 6 heteroatoms. The summed E-state index contributed by atoms with van der Waals surface area (Å²) in [5.74, 6) is -0.776. The fourth-order valence-corrected chi connectivity index (χ4v) is 3.68. The molecule has 6 nitrogen and oxygen atoms in total. The van der Waals surface area contributed by atoms with Crippen molar-refractivity contribution in [3.63, 3.8) is 0 Å². The summed E-state index contributed by atoms with van der Waals surface area (Å²) in [4.78, 5) is 31.4. The molecule has 1 N–H and O–H groups in total. The van der Waals surface area contributed by atoms with E-state index in [1.165, 1.54) is 0 Å². The van der Waals surface area contributed by atoms with Gasteiger partial charge in [0.2, 0.25) is 0 Å². The zero-order valence-electron chi connectivity index (χ0n) is 17.7. The first-order valence-electron chi connectivity index (χ1n) is 10.4. The number of likely N-dealkylation sites (tertiary alicyclic amines) is 1. The Labute approximate surface area is 177 Å². The van der Waals surface area contributed by atoms with Gasteiger partial charge in [-0.3, -0.25) is 14.6 Å². The minimum absolute atomic E-state index is 0.00650. The van der Waals surface area contributed by atoms with Crippen LogP contribution < -0.4 is 4.74 Å². The Hall–Kier alpha value is -3.15. The van der Waals surface area contributed by atoms with E-state index in [0.29, 0.717) is 17.9 Å². The molecule has 0 bridgehead atoms. The van der Waals surface area contributed by atoms with Gasteiger partial charge in [0.25, 0.3) is 11.7 Å². The molecule has 1 aromatic carbocycles. The summed E-state index contributed by atoms with van der Waals surface area (Å²) in [6.45, 7) is 6.41. The molecule has 3 rings (SSSR count). The largest absolute Gasteiger partial charge is 0.507 e. The highest BCUT2D eigenvalue weighted by molar-refractivity contribution is 6.46. The first kappa shape index (κ1) is 21.6. The third-order valence-electron chi connectivity index (χ3n) is 5.04. The van der Waals surface area contributed by atoms with Crippen LogP contribution in [0.5, 0.6) is 5.75 Å². The Balaban J connectivity index is 2.10. The normalized spacial score (nSPS) is 18.3. The van der Waals surface area contributed by atoms with Crippen LogP contribution in [-0.2, 0) is 9.59 Å². The van der Waals surface area contributed by atoms with Gasteiger partial charge in [-0.15, -0.1) is 0 Å². The first-order valence-corrected chi connectivity index (χ1v) is 10.4. The van der Waals surface area contributed by atoms with Crippen molar-refractivity contribution in [1.29, 1.82) is 0 Å². The Bertz CT molecular complexity index is 937. The lowest BCUT2D eigenvalue weighted by atomic mass is 9.95. The lowest BCUT2D eigenvalue weighted by Crippen LogP contribution is -2.30. The maximum atomic E-state index is 13.0. The van der Waals surface area contributed by atoms with Crippen molar-refractivity contribution in [1.82, 2.24) is 9.88 Å². The van der Waals surface area contributed by atoms with E-state index in [9.17, 15) is 14.7 Å². The van der Waals surface area contributed by atoms with Gasteiger partial charge in [-0.1, -0.05) is 31.9 Å². The molecule has 0 saturated carbocycles. The number of aromatic nitrogens is 1. The van der Waals surface area contributed by atoms with Crippen LogP contribution in [0.2, 0.25) is 0 Å². The molecule has 1 saturated heterocycles. The lowest BCUT2D eigenvalue weighted by molar-refractivity contribution is -0.139. The van der Waals surface area contributed by atoms with E-state index in [2.05, 4.69) is 11.9 Å². The molecule has 0 radical (unpaired) electrons. The van der Waals surface area contributed by atoms with Gasteiger partial charge in [-0.25, -0.2) is 0 Å². The number of unbranched alkanes of at least 4 members (excludes halogenated alkanes) is 2. The highest BCUT2D eigenvalue weighted by atomic mass is 16.5. The number of pyridine rings is 1. The van der Waals surface area contributed by atoms with E-state index in [1.807, 2.05) is 38.1 Å². The van der Waals surface area contributed by atoms with Crippen LogP contribution in [0.1, 0.15) is 57.2 Å². The summed E-state index contributed by atoms with van der Waals surface area (Å²) in [7, 11) is 0. The Morgan fingerprint density at radius 3 is 2.57 bits per heavy atom. The second kappa shape index (κ2) is 9.57. The molecular weight excluding hydrogens is 380 g/mol. The van der Waals surface area contributed by atoms with E-state index in [4.69, 9.17) is 4.74 Å². The molecule has 2 heterocycles. The molecule has 1 amide bonds. The molecule has 30 heavy (non-hydrogen) atoms. The average Bonchev–Trinajstić information content (AvgIpc) is 2.99. The predicted molar refractivity (Wildman–Crippen MR) is 115 cm³/mol. The van der Waals surface area contributed by atoms with E-state index in [0.717, 1.165) is 24.8 Å². The number of amides is 1. The monoisotopic (exact) mass is 408 g/mol. The number of hydrogen-bond donors (Lipinski definition) is 1.